The van der Waals surface area contributed by atoms with Crippen LogP contribution in [0.2, 0.25) is 0 Å². The van der Waals surface area contributed by atoms with Crippen LogP contribution in [0.3, 0.4) is 0 Å². The van der Waals surface area contributed by atoms with Crippen molar-refractivity contribution in [3.8, 4) is 0 Å². The van der Waals surface area contributed by atoms with Crippen molar-refractivity contribution >= 4 is 5.97 Å². The van der Waals surface area contributed by atoms with Crippen LogP contribution in [0.5, 0.6) is 0 Å². The molecule has 3 nitrogen and oxygen atoms in total. The predicted octanol–water partition coefficient (Wildman–Crippen LogP) is 2.11. The summed E-state index contributed by atoms with van der Waals surface area (Å²) in [6.07, 6.45) is 3.09. The number of hydrogen-bond acceptors (Lipinski definition) is 3. The van der Waals surface area contributed by atoms with Gasteiger partial charge in [0.2, 0.25) is 0 Å². The Morgan fingerprint density at radius 2 is 2.13 bits per heavy atom. The highest BCUT2D eigenvalue weighted by Gasteiger charge is 2.38. The van der Waals surface area contributed by atoms with E-state index in [0.717, 1.165) is 5.92 Å². The quantitative estimate of drug-likeness (QED) is 0.687. The highest BCUT2D eigenvalue weighted by molar-refractivity contribution is 5.70. The monoisotopic (exact) mass is 213 g/mol. The molecule has 1 fully saturated rings. The van der Waals surface area contributed by atoms with Gasteiger partial charge in [0, 0.05) is 11.6 Å². The minimum absolute atomic E-state index is 0.107. The number of carbonyl (C=O) groups is 1. The van der Waals surface area contributed by atoms with E-state index in [-0.39, 0.29) is 17.6 Å². The Bertz CT molecular complexity index is 222. The molecule has 3 heteroatoms. The van der Waals surface area contributed by atoms with Gasteiger partial charge in [-0.2, -0.15) is 0 Å². The number of nitrogens with one attached hydrogen (secondary N) is 1. The number of esters is 1. The van der Waals surface area contributed by atoms with E-state index >= 15 is 0 Å². The van der Waals surface area contributed by atoms with Gasteiger partial charge in [-0.25, -0.2) is 0 Å². The summed E-state index contributed by atoms with van der Waals surface area (Å²) in [5.41, 5.74) is 0.159. The normalized spacial score (nSPS) is 18.7. The Hall–Kier alpha value is -0.570. The van der Waals surface area contributed by atoms with Crippen LogP contribution in [-0.4, -0.2) is 24.2 Å². The molecule has 1 N–H and O–H groups in total. The highest BCUT2D eigenvalue weighted by Crippen LogP contribution is 2.39. The molecule has 0 amide bonds. The summed E-state index contributed by atoms with van der Waals surface area (Å²) >= 11 is 0. The average molecular weight is 213 g/mol. The molecule has 0 heterocycles. The summed E-state index contributed by atoms with van der Waals surface area (Å²) in [6, 6.07) is 0.194. The maximum Gasteiger partial charge on any atom is 0.307 e. The van der Waals surface area contributed by atoms with Gasteiger partial charge in [-0.05, 0) is 46.5 Å². The molecule has 0 aromatic carbocycles. The zero-order chi connectivity index (χ0) is 11.5. The van der Waals surface area contributed by atoms with Gasteiger partial charge in [0.25, 0.3) is 0 Å². The molecule has 0 aromatic heterocycles. The van der Waals surface area contributed by atoms with Gasteiger partial charge in [0.15, 0.2) is 0 Å². The van der Waals surface area contributed by atoms with E-state index < -0.39 is 0 Å². The van der Waals surface area contributed by atoms with Crippen molar-refractivity contribution in [1.29, 1.82) is 0 Å². The fourth-order valence-corrected chi connectivity index (χ4v) is 2.08. The zero-order valence-corrected chi connectivity index (χ0v) is 10.3. The molecule has 0 radical (unpaired) electrons. The van der Waals surface area contributed by atoms with Crippen molar-refractivity contribution < 1.29 is 9.53 Å². The standard InChI is InChI=1S/C12H23NO2/c1-5-15-11(14)8-9(2)13-12(3,4)10-6-7-10/h9-10,13H,5-8H2,1-4H3. The molecular formula is C12H23NO2. The van der Waals surface area contributed by atoms with Gasteiger partial charge in [0.05, 0.1) is 13.0 Å². The van der Waals surface area contributed by atoms with Gasteiger partial charge in [-0.3, -0.25) is 4.79 Å². The summed E-state index contributed by atoms with van der Waals surface area (Å²) in [5.74, 6) is 0.672. The molecule has 15 heavy (non-hydrogen) atoms. The van der Waals surface area contributed by atoms with Gasteiger partial charge in [-0.15, -0.1) is 0 Å². The molecule has 1 aliphatic rings. The van der Waals surface area contributed by atoms with Crippen molar-refractivity contribution in [3.63, 3.8) is 0 Å². The van der Waals surface area contributed by atoms with Crippen molar-refractivity contribution in [1.82, 2.24) is 5.32 Å². The fraction of sp³-hybridized carbons (Fsp3) is 0.917. The molecule has 1 unspecified atom stereocenters. The van der Waals surface area contributed by atoms with Gasteiger partial charge in [-0.1, -0.05) is 0 Å². The maximum atomic E-state index is 11.3. The first kappa shape index (κ1) is 12.5. The molecule has 0 aromatic rings. The van der Waals surface area contributed by atoms with Crippen LogP contribution in [0.25, 0.3) is 0 Å². The topological polar surface area (TPSA) is 38.3 Å². The summed E-state index contributed by atoms with van der Waals surface area (Å²) < 4.78 is 4.92. The van der Waals surface area contributed by atoms with Crippen molar-refractivity contribution in [3.05, 3.63) is 0 Å². The third-order valence-electron chi connectivity index (χ3n) is 2.99. The van der Waals surface area contributed by atoms with E-state index in [9.17, 15) is 4.79 Å². The van der Waals surface area contributed by atoms with E-state index in [4.69, 9.17) is 4.74 Å². The molecule has 0 saturated heterocycles. The molecule has 0 spiro atoms. The molecule has 0 aliphatic heterocycles. The summed E-state index contributed by atoms with van der Waals surface area (Å²) in [4.78, 5) is 11.3. The third kappa shape index (κ3) is 4.20. The largest absolute Gasteiger partial charge is 0.466 e. The Morgan fingerprint density at radius 3 is 2.60 bits per heavy atom. The van der Waals surface area contributed by atoms with Gasteiger partial charge in [0.1, 0.15) is 0 Å². The second-order valence-corrected chi connectivity index (χ2v) is 5.05. The lowest BCUT2D eigenvalue weighted by Gasteiger charge is -2.30. The van der Waals surface area contributed by atoms with Crippen LogP contribution >= 0.6 is 0 Å². The minimum Gasteiger partial charge on any atom is -0.466 e. The molecule has 1 rings (SSSR count). The minimum atomic E-state index is -0.107. The fourth-order valence-electron chi connectivity index (χ4n) is 2.08. The van der Waals surface area contributed by atoms with E-state index in [1.165, 1.54) is 12.8 Å². The van der Waals surface area contributed by atoms with Gasteiger partial charge < -0.3 is 10.1 Å². The first-order valence-electron chi connectivity index (χ1n) is 5.89. The van der Waals surface area contributed by atoms with Crippen LogP contribution in [0.4, 0.5) is 0 Å². The predicted molar refractivity (Wildman–Crippen MR) is 60.7 cm³/mol. The van der Waals surface area contributed by atoms with Crippen molar-refractivity contribution in [2.75, 3.05) is 6.61 Å². The van der Waals surface area contributed by atoms with E-state index in [1.54, 1.807) is 0 Å². The van der Waals surface area contributed by atoms with Crippen LogP contribution in [0.15, 0.2) is 0 Å². The van der Waals surface area contributed by atoms with E-state index in [2.05, 4.69) is 19.2 Å². The first-order chi connectivity index (χ1) is 6.95. The second-order valence-electron chi connectivity index (χ2n) is 5.05. The molecular weight excluding hydrogens is 190 g/mol. The lowest BCUT2D eigenvalue weighted by atomic mass is 9.97. The Labute approximate surface area is 92.6 Å². The van der Waals surface area contributed by atoms with E-state index in [0.29, 0.717) is 13.0 Å². The Balaban J connectivity index is 2.28. The van der Waals surface area contributed by atoms with Crippen LogP contribution in [-0.2, 0) is 9.53 Å². The zero-order valence-electron chi connectivity index (χ0n) is 10.3. The maximum absolute atomic E-state index is 11.3. The van der Waals surface area contributed by atoms with Crippen molar-refractivity contribution in [2.24, 2.45) is 5.92 Å². The van der Waals surface area contributed by atoms with E-state index in [1.807, 2.05) is 13.8 Å². The summed E-state index contributed by atoms with van der Waals surface area (Å²) in [6.45, 7) is 8.78. The smallest absolute Gasteiger partial charge is 0.307 e. The first-order valence-corrected chi connectivity index (χ1v) is 5.89. The highest BCUT2D eigenvalue weighted by atomic mass is 16.5. The average Bonchev–Trinajstić information content (AvgIpc) is 2.83. The summed E-state index contributed by atoms with van der Waals surface area (Å²) in [7, 11) is 0. The SMILES string of the molecule is CCOC(=O)CC(C)NC(C)(C)C1CC1. The molecule has 88 valence electrons. The molecule has 1 aliphatic carbocycles. The van der Waals surface area contributed by atoms with Crippen LogP contribution in [0, 0.1) is 5.92 Å². The second kappa shape index (κ2) is 4.97. The lowest BCUT2D eigenvalue weighted by Crippen LogP contribution is -2.47. The number of hydrogen-bond donors (Lipinski definition) is 1. The van der Waals surface area contributed by atoms with Crippen LogP contribution in [0.1, 0.15) is 47.0 Å². The number of carbonyl (C=O) groups excluding carboxylic acids is 1. The Kier molecular flexibility index (Phi) is 4.14. The molecule has 1 atom stereocenters. The Morgan fingerprint density at radius 1 is 1.53 bits per heavy atom. The summed E-state index contributed by atoms with van der Waals surface area (Å²) in [5, 5.41) is 3.51. The number of ether oxygens (including phenoxy) is 1. The number of rotatable bonds is 6. The van der Waals surface area contributed by atoms with Gasteiger partial charge >= 0.3 is 5.97 Å². The van der Waals surface area contributed by atoms with Crippen LogP contribution < -0.4 is 5.32 Å². The van der Waals surface area contributed by atoms with Crippen molar-refractivity contribution in [2.45, 2.75) is 58.5 Å². The molecule has 1 saturated carbocycles. The third-order valence-corrected chi connectivity index (χ3v) is 2.99. The lowest BCUT2D eigenvalue weighted by molar-refractivity contribution is -0.143. The molecule has 0 bridgehead atoms.